The van der Waals surface area contributed by atoms with Crippen molar-refractivity contribution in [1.29, 1.82) is 0 Å². The molecule has 1 atom stereocenters. The summed E-state index contributed by atoms with van der Waals surface area (Å²) < 4.78 is 33.1. The fraction of sp³-hybridized carbons (Fsp3) is 0.176. The smallest absolute Gasteiger partial charge is 0.243 e. The van der Waals surface area contributed by atoms with Gasteiger partial charge in [-0.2, -0.15) is 4.72 Å². The van der Waals surface area contributed by atoms with E-state index < -0.39 is 16.3 Å². The van der Waals surface area contributed by atoms with Crippen molar-refractivity contribution in [1.82, 2.24) is 4.72 Å². The van der Waals surface area contributed by atoms with Gasteiger partial charge in [0.25, 0.3) is 0 Å². The highest BCUT2D eigenvalue weighted by Crippen LogP contribution is 2.36. The van der Waals surface area contributed by atoms with Gasteiger partial charge in [-0.3, -0.25) is 0 Å². The highest BCUT2D eigenvalue weighted by atomic mass is 32.2. The Kier molecular flexibility index (Phi) is 3.54. The molecule has 5 heteroatoms. The molecule has 0 radical (unpaired) electrons. The van der Waals surface area contributed by atoms with Crippen LogP contribution in [0.3, 0.4) is 0 Å². The van der Waals surface area contributed by atoms with Gasteiger partial charge < -0.3 is 4.74 Å². The van der Waals surface area contributed by atoms with Crippen LogP contribution in [0, 0.1) is 13.8 Å². The number of ether oxygens (including phenoxy) is 1. The van der Waals surface area contributed by atoms with Crippen LogP contribution in [-0.2, 0) is 10.0 Å². The van der Waals surface area contributed by atoms with Crippen molar-refractivity contribution in [3.8, 4) is 5.75 Å². The zero-order valence-electron chi connectivity index (χ0n) is 12.5. The molecule has 0 amide bonds. The molecular formula is C17H17NO3S. The van der Waals surface area contributed by atoms with Gasteiger partial charge in [0.05, 0.1) is 4.90 Å². The van der Waals surface area contributed by atoms with Crippen molar-refractivity contribution in [3.05, 3.63) is 65.7 Å². The van der Waals surface area contributed by atoms with E-state index in [4.69, 9.17) is 4.74 Å². The van der Waals surface area contributed by atoms with Gasteiger partial charge >= 0.3 is 0 Å². The normalized spacial score (nSPS) is 17.2. The quantitative estimate of drug-likeness (QED) is 0.947. The zero-order chi connectivity index (χ0) is 15.9. The van der Waals surface area contributed by atoms with Crippen LogP contribution >= 0.6 is 0 Å². The lowest BCUT2D eigenvalue weighted by Crippen LogP contribution is -2.37. The van der Waals surface area contributed by atoms with E-state index in [1.807, 2.05) is 32.0 Å². The molecule has 1 heterocycles. The maximum Gasteiger partial charge on any atom is 0.243 e. The van der Waals surface area contributed by atoms with Crippen molar-refractivity contribution < 1.29 is 13.2 Å². The molecule has 0 bridgehead atoms. The summed E-state index contributed by atoms with van der Waals surface area (Å²) >= 11 is 0. The Labute approximate surface area is 130 Å². The molecule has 0 fully saturated rings. The highest BCUT2D eigenvalue weighted by molar-refractivity contribution is 7.89. The maximum absolute atomic E-state index is 12.4. The molecular weight excluding hydrogens is 298 g/mol. The molecule has 1 N–H and O–H groups in total. The molecule has 2 aromatic carbocycles. The van der Waals surface area contributed by atoms with Crippen LogP contribution in [0.1, 0.15) is 16.7 Å². The lowest BCUT2D eigenvalue weighted by molar-refractivity contribution is 0.265. The Morgan fingerprint density at radius 2 is 1.68 bits per heavy atom. The monoisotopic (exact) mass is 315 g/mol. The molecule has 0 saturated carbocycles. The van der Waals surface area contributed by atoms with Crippen molar-refractivity contribution in [2.24, 2.45) is 0 Å². The minimum absolute atomic E-state index is 0.210. The van der Waals surface area contributed by atoms with E-state index in [0.717, 1.165) is 16.7 Å². The van der Waals surface area contributed by atoms with E-state index in [1.54, 1.807) is 24.3 Å². The molecule has 4 nitrogen and oxygen atoms in total. The molecule has 0 saturated heterocycles. The van der Waals surface area contributed by atoms with Crippen molar-refractivity contribution in [2.45, 2.75) is 25.0 Å². The minimum Gasteiger partial charge on any atom is -0.469 e. The fourth-order valence-electron chi connectivity index (χ4n) is 2.35. The molecule has 3 rings (SSSR count). The third-order valence-corrected chi connectivity index (χ3v) is 5.05. The summed E-state index contributed by atoms with van der Waals surface area (Å²) in [5, 5.41) is 0. The third kappa shape index (κ3) is 2.65. The molecule has 1 aliphatic rings. The van der Waals surface area contributed by atoms with Crippen LogP contribution in [0.2, 0.25) is 0 Å². The Morgan fingerprint density at radius 3 is 2.36 bits per heavy atom. The van der Waals surface area contributed by atoms with Crippen LogP contribution in [0.5, 0.6) is 5.75 Å². The van der Waals surface area contributed by atoms with Crippen LogP contribution < -0.4 is 9.46 Å². The van der Waals surface area contributed by atoms with Gasteiger partial charge in [-0.05, 0) is 37.6 Å². The van der Waals surface area contributed by atoms with Gasteiger partial charge in [-0.1, -0.05) is 36.4 Å². The molecule has 0 spiro atoms. The number of hydrogen-bond donors (Lipinski definition) is 1. The van der Waals surface area contributed by atoms with E-state index in [2.05, 4.69) is 11.3 Å². The number of rotatable bonds is 3. The first kappa shape index (κ1) is 14.8. The Bertz CT molecular complexity index is 839. The first-order chi connectivity index (χ1) is 10.4. The maximum atomic E-state index is 12.4. The number of fused-ring (bicyclic) bond motifs is 1. The second-order valence-corrected chi connectivity index (χ2v) is 7.17. The van der Waals surface area contributed by atoms with Gasteiger partial charge in [0.2, 0.25) is 10.0 Å². The molecule has 22 heavy (non-hydrogen) atoms. The van der Waals surface area contributed by atoms with Crippen LogP contribution in [0.4, 0.5) is 0 Å². The zero-order valence-corrected chi connectivity index (χ0v) is 13.3. The predicted molar refractivity (Wildman–Crippen MR) is 86.1 cm³/mol. The van der Waals surface area contributed by atoms with Crippen molar-refractivity contribution in [2.75, 3.05) is 0 Å². The predicted octanol–water partition coefficient (Wildman–Crippen LogP) is 3.01. The second kappa shape index (κ2) is 5.26. The van der Waals surface area contributed by atoms with Crippen LogP contribution in [-0.4, -0.2) is 14.6 Å². The third-order valence-electron chi connectivity index (χ3n) is 3.64. The molecule has 2 aromatic rings. The Balaban J connectivity index is 1.85. The Hall–Kier alpha value is -2.11. The fourth-order valence-corrected chi connectivity index (χ4v) is 3.46. The average molecular weight is 315 g/mol. The summed E-state index contributed by atoms with van der Waals surface area (Å²) in [5.74, 6) is 0.654. The lowest BCUT2D eigenvalue weighted by atomic mass is 10.1. The summed E-state index contributed by atoms with van der Waals surface area (Å²) in [6, 6.07) is 12.4. The van der Waals surface area contributed by atoms with E-state index in [9.17, 15) is 8.42 Å². The summed E-state index contributed by atoms with van der Waals surface area (Å²) in [5.41, 5.74) is 3.50. The number of benzene rings is 2. The summed E-state index contributed by atoms with van der Waals surface area (Å²) in [6.45, 7) is 7.81. The standard InChI is InChI=1S/C17H17NO3S/c1-11-4-7-14(8-5-11)22(19,20)18-17-13(3)15-9-6-12(2)10-16(15)21-17/h4-10,17-18H,3H2,1-2H3. The van der Waals surface area contributed by atoms with Crippen LogP contribution in [0.15, 0.2) is 53.9 Å². The van der Waals surface area contributed by atoms with Gasteiger partial charge in [-0.25, -0.2) is 8.42 Å². The Morgan fingerprint density at radius 1 is 1.05 bits per heavy atom. The van der Waals surface area contributed by atoms with E-state index in [-0.39, 0.29) is 4.90 Å². The van der Waals surface area contributed by atoms with Crippen molar-refractivity contribution >= 4 is 15.6 Å². The SMILES string of the molecule is C=C1c2ccc(C)cc2OC1NS(=O)(=O)c1ccc(C)cc1. The number of sulfonamides is 1. The van der Waals surface area contributed by atoms with Crippen LogP contribution in [0.25, 0.3) is 5.57 Å². The molecule has 1 unspecified atom stereocenters. The van der Waals surface area contributed by atoms with Gasteiger partial charge in [0.15, 0.2) is 6.23 Å². The van der Waals surface area contributed by atoms with Gasteiger partial charge in [-0.15, -0.1) is 0 Å². The number of hydrogen-bond acceptors (Lipinski definition) is 3. The summed E-state index contributed by atoms with van der Waals surface area (Å²) in [6.07, 6.45) is -0.775. The van der Waals surface area contributed by atoms with Gasteiger partial charge in [0.1, 0.15) is 5.75 Å². The highest BCUT2D eigenvalue weighted by Gasteiger charge is 2.31. The largest absolute Gasteiger partial charge is 0.469 e. The van der Waals surface area contributed by atoms with E-state index in [0.29, 0.717) is 11.3 Å². The van der Waals surface area contributed by atoms with E-state index in [1.165, 1.54) is 0 Å². The van der Waals surface area contributed by atoms with E-state index >= 15 is 0 Å². The number of nitrogens with one attached hydrogen (secondary N) is 1. The summed E-state index contributed by atoms with van der Waals surface area (Å²) in [4.78, 5) is 0.210. The first-order valence-electron chi connectivity index (χ1n) is 6.92. The summed E-state index contributed by atoms with van der Waals surface area (Å²) in [7, 11) is -3.66. The van der Waals surface area contributed by atoms with Crippen molar-refractivity contribution in [3.63, 3.8) is 0 Å². The molecule has 114 valence electrons. The topological polar surface area (TPSA) is 55.4 Å². The second-order valence-electron chi connectivity index (χ2n) is 5.46. The molecule has 0 aliphatic carbocycles. The minimum atomic E-state index is -3.66. The van der Waals surface area contributed by atoms with Gasteiger partial charge in [0, 0.05) is 11.1 Å². The number of aryl methyl sites for hydroxylation is 2. The molecule has 0 aromatic heterocycles. The molecule has 1 aliphatic heterocycles. The lowest BCUT2D eigenvalue weighted by Gasteiger charge is -2.14. The average Bonchev–Trinajstić information content (AvgIpc) is 2.74. The first-order valence-corrected chi connectivity index (χ1v) is 8.40.